The number of rotatable bonds is 2. The van der Waals surface area contributed by atoms with Crippen molar-refractivity contribution in [3.63, 3.8) is 0 Å². The Morgan fingerprint density at radius 1 is 1.00 bits per heavy atom. The van der Waals surface area contributed by atoms with Gasteiger partial charge in [-0.05, 0) is 44.3 Å². The van der Waals surface area contributed by atoms with E-state index in [4.69, 9.17) is 4.98 Å². The number of H-pyrrole nitrogens is 1. The second-order valence-electron chi connectivity index (χ2n) is 7.47. The van der Waals surface area contributed by atoms with E-state index < -0.39 is 0 Å². The molecule has 0 amide bonds. The summed E-state index contributed by atoms with van der Waals surface area (Å²) in [4.78, 5) is 29.5. The minimum absolute atomic E-state index is 0.113. The normalized spacial score (nSPS) is 15.6. The summed E-state index contributed by atoms with van der Waals surface area (Å²) in [7, 11) is 2.14. The van der Waals surface area contributed by atoms with Crippen molar-refractivity contribution in [2.75, 3.05) is 38.1 Å². The molecule has 4 aromatic rings. The van der Waals surface area contributed by atoms with Crippen LogP contribution in [0, 0.1) is 6.92 Å². The van der Waals surface area contributed by atoms with Crippen molar-refractivity contribution in [2.24, 2.45) is 0 Å². The molecule has 1 aliphatic heterocycles. The van der Waals surface area contributed by atoms with Crippen molar-refractivity contribution in [3.8, 4) is 11.4 Å². The Bertz CT molecular complexity index is 1230. The van der Waals surface area contributed by atoms with Crippen LogP contribution in [-0.4, -0.2) is 57.5 Å². The van der Waals surface area contributed by atoms with E-state index in [0.29, 0.717) is 16.7 Å². The number of fused-ring (bicyclic) bond motifs is 2. The largest absolute Gasteiger partial charge is 0.369 e. The smallest absolute Gasteiger partial charge is 0.259 e. The van der Waals surface area contributed by atoms with Gasteiger partial charge in [0, 0.05) is 49.8 Å². The highest BCUT2D eigenvalue weighted by Gasteiger charge is 2.16. The second-order valence-corrected chi connectivity index (χ2v) is 7.47. The zero-order chi connectivity index (χ0) is 19.3. The highest BCUT2D eigenvalue weighted by Crippen LogP contribution is 2.22. The molecule has 0 bridgehead atoms. The molecular weight excluding hydrogens is 352 g/mol. The van der Waals surface area contributed by atoms with Crippen LogP contribution in [0.15, 0.2) is 47.5 Å². The van der Waals surface area contributed by atoms with E-state index in [1.54, 1.807) is 0 Å². The summed E-state index contributed by atoms with van der Waals surface area (Å²) in [5.74, 6) is 0.568. The molecule has 3 aromatic heterocycles. The summed E-state index contributed by atoms with van der Waals surface area (Å²) in [6.07, 6.45) is 3.90. The molecule has 1 N–H and O–H groups in total. The van der Waals surface area contributed by atoms with Gasteiger partial charge in [0.25, 0.3) is 5.56 Å². The van der Waals surface area contributed by atoms with Crippen LogP contribution in [0.5, 0.6) is 0 Å². The van der Waals surface area contributed by atoms with Gasteiger partial charge in [-0.1, -0.05) is 0 Å². The van der Waals surface area contributed by atoms with Crippen LogP contribution in [0.4, 0.5) is 5.69 Å². The van der Waals surface area contributed by atoms with Gasteiger partial charge >= 0.3 is 0 Å². The number of imidazole rings is 1. The number of pyridine rings is 1. The van der Waals surface area contributed by atoms with Crippen LogP contribution in [0.25, 0.3) is 27.9 Å². The lowest BCUT2D eigenvalue weighted by Crippen LogP contribution is -2.44. The molecular formula is C21H22N6O. The molecule has 142 valence electrons. The van der Waals surface area contributed by atoms with Gasteiger partial charge in [-0.2, -0.15) is 0 Å². The average molecular weight is 374 g/mol. The Morgan fingerprint density at radius 2 is 1.82 bits per heavy atom. The summed E-state index contributed by atoms with van der Waals surface area (Å²) in [6, 6.07) is 9.83. The number of nitrogens with zero attached hydrogens (tertiary/aromatic N) is 5. The van der Waals surface area contributed by atoms with Crippen molar-refractivity contribution >= 4 is 22.2 Å². The van der Waals surface area contributed by atoms with Crippen molar-refractivity contribution in [1.29, 1.82) is 0 Å². The van der Waals surface area contributed by atoms with E-state index in [9.17, 15) is 4.79 Å². The highest BCUT2D eigenvalue weighted by molar-refractivity contribution is 5.83. The fourth-order valence-electron chi connectivity index (χ4n) is 3.78. The Hall–Kier alpha value is -3.19. The van der Waals surface area contributed by atoms with E-state index in [1.807, 2.05) is 48.0 Å². The first-order chi connectivity index (χ1) is 13.6. The molecule has 7 heteroatoms. The fraction of sp³-hybridized carbons (Fsp3) is 0.286. The van der Waals surface area contributed by atoms with E-state index in [1.165, 1.54) is 0 Å². The van der Waals surface area contributed by atoms with Crippen LogP contribution < -0.4 is 10.5 Å². The number of aromatic nitrogens is 4. The molecule has 0 radical (unpaired) electrons. The molecule has 0 unspecified atom stereocenters. The van der Waals surface area contributed by atoms with Gasteiger partial charge in [-0.3, -0.25) is 4.79 Å². The van der Waals surface area contributed by atoms with Crippen molar-refractivity contribution in [3.05, 3.63) is 58.8 Å². The van der Waals surface area contributed by atoms with Crippen molar-refractivity contribution in [2.45, 2.75) is 6.92 Å². The molecule has 0 saturated carbocycles. The van der Waals surface area contributed by atoms with Crippen LogP contribution in [-0.2, 0) is 0 Å². The number of likely N-dealkylation sites (N-methyl/N-ethyl adjacent to an activating group) is 1. The monoisotopic (exact) mass is 374 g/mol. The Morgan fingerprint density at radius 3 is 2.64 bits per heavy atom. The molecule has 1 saturated heterocycles. The molecule has 28 heavy (non-hydrogen) atoms. The fourth-order valence-corrected chi connectivity index (χ4v) is 3.78. The maximum atomic E-state index is 12.8. The zero-order valence-electron chi connectivity index (χ0n) is 16.0. The first kappa shape index (κ1) is 16.9. The lowest BCUT2D eigenvalue weighted by molar-refractivity contribution is 0.313. The number of piperazine rings is 1. The van der Waals surface area contributed by atoms with Crippen molar-refractivity contribution < 1.29 is 0 Å². The number of hydrogen-bond donors (Lipinski definition) is 1. The summed E-state index contributed by atoms with van der Waals surface area (Å²) in [6.45, 7) is 5.95. The Labute approximate surface area is 162 Å². The third kappa shape index (κ3) is 2.93. The predicted octanol–water partition coefficient (Wildman–Crippen LogP) is 2.30. The molecule has 4 heterocycles. The molecule has 1 fully saturated rings. The van der Waals surface area contributed by atoms with Gasteiger partial charge in [-0.15, -0.1) is 0 Å². The van der Waals surface area contributed by atoms with Crippen LogP contribution >= 0.6 is 0 Å². The number of nitrogens with one attached hydrogen (secondary N) is 1. The van der Waals surface area contributed by atoms with Crippen LogP contribution in [0.3, 0.4) is 0 Å². The van der Waals surface area contributed by atoms with E-state index >= 15 is 0 Å². The maximum Gasteiger partial charge on any atom is 0.259 e. The van der Waals surface area contributed by atoms with Gasteiger partial charge in [0.2, 0.25) is 0 Å². The number of anilines is 1. The van der Waals surface area contributed by atoms with Gasteiger partial charge in [0.15, 0.2) is 0 Å². The number of aryl methyl sites for hydroxylation is 1. The van der Waals surface area contributed by atoms with Gasteiger partial charge in [0.1, 0.15) is 11.5 Å². The standard InChI is InChI=1S/C21H22N6O/c1-14-12-27-13-15(3-6-19(27)22-14)20-23-18-5-4-16(11-17(18)21(28)24-20)26-9-7-25(2)8-10-26/h3-6,11-13H,7-10H2,1-2H3,(H,23,24,28). The summed E-state index contributed by atoms with van der Waals surface area (Å²) >= 11 is 0. The quantitative estimate of drug-likeness (QED) is 0.583. The third-order valence-corrected chi connectivity index (χ3v) is 5.40. The number of hydrogen-bond acceptors (Lipinski definition) is 5. The van der Waals surface area contributed by atoms with E-state index in [2.05, 4.69) is 32.9 Å². The number of aromatic amines is 1. The number of benzene rings is 1. The third-order valence-electron chi connectivity index (χ3n) is 5.40. The molecule has 1 aliphatic rings. The lowest BCUT2D eigenvalue weighted by Gasteiger charge is -2.34. The molecule has 0 spiro atoms. The van der Waals surface area contributed by atoms with Crippen LogP contribution in [0.1, 0.15) is 5.69 Å². The van der Waals surface area contributed by atoms with Gasteiger partial charge in [0.05, 0.1) is 16.6 Å². The van der Waals surface area contributed by atoms with Gasteiger partial charge in [-0.25, -0.2) is 9.97 Å². The summed E-state index contributed by atoms with van der Waals surface area (Å²) in [5.41, 5.74) is 4.36. The summed E-state index contributed by atoms with van der Waals surface area (Å²) in [5, 5.41) is 0.625. The van der Waals surface area contributed by atoms with E-state index in [-0.39, 0.29) is 5.56 Å². The first-order valence-corrected chi connectivity index (χ1v) is 9.50. The topological polar surface area (TPSA) is 69.5 Å². The molecule has 7 nitrogen and oxygen atoms in total. The zero-order valence-corrected chi connectivity index (χ0v) is 16.0. The molecule has 5 rings (SSSR count). The minimum atomic E-state index is -0.113. The molecule has 1 aromatic carbocycles. The molecule has 0 aliphatic carbocycles. The van der Waals surface area contributed by atoms with Crippen LogP contribution in [0.2, 0.25) is 0 Å². The predicted molar refractivity (Wildman–Crippen MR) is 111 cm³/mol. The van der Waals surface area contributed by atoms with E-state index in [0.717, 1.165) is 48.8 Å². The summed E-state index contributed by atoms with van der Waals surface area (Å²) < 4.78 is 1.95. The Kier molecular flexibility index (Phi) is 3.91. The Balaban J connectivity index is 1.54. The molecule has 0 atom stereocenters. The SMILES string of the molecule is Cc1cn2cc(-c3nc4ccc(N5CCN(C)CC5)cc4c(=O)[nH]3)ccc2n1. The lowest BCUT2D eigenvalue weighted by atomic mass is 10.1. The highest BCUT2D eigenvalue weighted by atomic mass is 16.1. The first-order valence-electron chi connectivity index (χ1n) is 9.50. The average Bonchev–Trinajstić information content (AvgIpc) is 3.07. The second kappa shape index (κ2) is 6.45. The van der Waals surface area contributed by atoms with Gasteiger partial charge < -0.3 is 19.2 Å². The van der Waals surface area contributed by atoms with Crippen molar-refractivity contribution in [1.82, 2.24) is 24.3 Å². The maximum absolute atomic E-state index is 12.8. The minimum Gasteiger partial charge on any atom is -0.369 e.